The van der Waals surface area contributed by atoms with Gasteiger partial charge in [0.2, 0.25) is 0 Å². The van der Waals surface area contributed by atoms with Gasteiger partial charge in [0.25, 0.3) is 11.8 Å². The van der Waals surface area contributed by atoms with E-state index in [1.54, 1.807) is 24.3 Å². The lowest BCUT2D eigenvalue weighted by Crippen LogP contribution is -2.34. The van der Waals surface area contributed by atoms with Crippen LogP contribution in [0.15, 0.2) is 24.3 Å². The second kappa shape index (κ2) is 8.11. The minimum absolute atomic E-state index is 0.0206. The number of aliphatic hydroxyl groups is 1. The summed E-state index contributed by atoms with van der Waals surface area (Å²) in [4.78, 5) is 24.0. The first kappa shape index (κ1) is 19.2. The summed E-state index contributed by atoms with van der Waals surface area (Å²) in [5, 5.41) is 15.2. The average Bonchev–Trinajstić information content (AvgIpc) is 2.49. The Kier molecular flexibility index (Phi) is 6.76. The van der Waals surface area contributed by atoms with Gasteiger partial charge in [-0.05, 0) is 35.6 Å². The van der Waals surface area contributed by atoms with Gasteiger partial charge in [0.15, 0.2) is 0 Å². The van der Waals surface area contributed by atoms with Crippen LogP contribution in [0.2, 0.25) is 0 Å². The van der Waals surface area contributed by atoms with E-state index < -0.39 is 6.10 Å². The number of aliphatic hydroxyl groups excluding tert-OH is 1. The van der Waals surface area contributed by atoms with Crippen LogP contribution in [0.1, 0.15) is 55.3 Å². The maximum atomic E-state index is 12.0. The molecule has 0 saturated carbocycles. The molecule has 1 aromatic rings. The topological polar surface area (TPSA) is 78.4 Å². The van der Waals surface area contributed by atoms with Crippen molar-refractivity contribution < 1.29 is 14.7 Å². The van der Waals surface area contributed by atoms with E-state index in [4.69, 9.17) is 0 Å². The Labute approximate surface area is 138 Å². The molecule has 5 nitrogen and oxygen atoms in total. The summed E-state index contributed by atoms with van der Waals surface area (Å²) in [5.41, 5.74) is 1.01. The van der Waals surface area contributed by atoms with E-state index in [-0.39, 0.29) is 29.7 Å². The molecular weight excluding hydrogens is 292 g/mol. The molecule has 0 spiro atoms. The molecule has 1 rings (SSSR count). The molecule has 1 aromatic carbocycles. The van der Waals surface area contributed by atoms with Crippen LogP contribution < -0.4 is 10.6 Å². The van der Waals surface area contributed by atoms with Crippen molar-refractivity contribution in [2.45, 2.75) is 40.7 Å². The van der Waals surface area contributed by atoms with Gasteiger partial charge < -0.3 is 15.7 Å². The smallest absolute Gasteiger partial charge is 0.251 e. The zero-order chi connectivity index (χ0) is 17.6. The summed E-state index contributed by atoms with van der Waals surface area (Å²) in [7, 11) is 0. The minimum atomic E-state index is -0.568. The van der Waals surface area contributed by atoms with Crippen LogP contribution in [0.4, 0.5) is 0 Å². The molecule has 128 valence electrons. The molecule has 1 atom stereocenters. The van der Waals surface area contributed by atoms with Gasteiger partial charge in [0.1, 0.15) is 0 Å². The van der Waals surface area contributed by atoms with Crippen LogP contribution in [-0.2, 0) is 0 Å². The van der Waals surface area contributed by atoms with Gasteiger partial charge in [-0.3, -0.25) is 9.59 Å². The van der Waals surface area contributed by atoms with Gasteiger partial charge in [0, 0.05) is 24.2 Å². The highest BCUT2D eigenvalue weighted by Gasteiger charge is 2.14. The Balaban J connectivity index is 2.58. The number of rotatable bonds is 6. The zero-order valence-corrected chi connectivity index (χ0v) is 14.6. The highest BCUT2D eigenvalue weighted by Crippen LogP contribution is 2.11. The number of nitrogens with one attached hydrogen (secondary N) is 2. The van der Waals surface area contributed by atoms with E-state index in [1.165, 1.54) is 0 Å². The standard InChI is InChI=1S/C18H28N2O3/c1-12(2)15(21)10-19-16(22)13-6-8-14(9-7-13)17(23)20-11-18(3,4)5/h6-9,12,15,21H,10-11H2,1-5H3,(H,19,22)(H,20,23). The minimum Gasteiger partial charge on any atom is -0.391 e. The number of carbonyl (C=O) groups is 2. The second-order valence-electron chi connectivity index (χ2n) is 7.34. The molecule has 0 bridgehead atoms. The molecule has 0 aromatic heterocycles. The first-order chi connectivity index (χ1) is 10.6. The zero-order valence-electron chi connectivity index (χ0n) is 14.6. The molecule has 0 aliphatic carbocycles. The van der Waals surface area contributed by atoms with Crippen molar-refractivity contribution in [1.29, 1.82) is 0 Å². The van der Waals surface area contributed by atoms with E-state index in [2.05, 4.69) is 10.6 Å². The fourth-order valence-electron chi connectivity index (χ4n) is 1.76. The molecule has 5 heteroatoms. The molecule has 0 saturated heterocycles. The molecule has 0 aliphatic heterocycles. The van der Waals surface area contributed by atoms with E-state index in [0.717, 1.165) is 0 Å². The van der Waals surface area contributed by atoms with Crippen LogP contribution in [-0.4, -0.2) is 36.1 Å². The highest BCUT2D eigenvalue weighted by molar-refractivity contribution is 5.97. The summed E-state index contributed by atoms with van der Waals surface area (Å²) in [6.45, 7) is 10.7. The third-order valence-electron chi connectivity index (χ3n) is 3.43. The van der Waals surface area contributed by atoms with Crippen LogP contribution >= 0.6 is 0 Å². The lowest BCUT2D eigenvalue weighted by atomic mass is 9.97. The van der Waals surface area contributed by atoms with Gasteiger partial charge >= 0.3 is 0 Å². The Morgan fingerprint density at radius 3 is 1.83 bits per heavy atom. The Hall–Kier alpha value is -1.88. The number of benzene rings is 1. The maximum absolute atomic E-state index is 12.0. The summed E-state index contributed by atoms with van der Waals surface area (Å²) >= 11 is 0. The molecule has 23 heavy (non-hydrogen) atoms. The SMILES string of the molecule is CC(C)C(O)CNC(=O)c1ccc(C(=O)NCC(C)(C)C)cc1. The maximum Gasteiger partial charge on any atom is 0.251 e. The van der Waals surface area contributed by atoms with E-state index in [9.17, 15) is 14.7 Å². The Morgan fingerprint density at radius 1 is 1.00 bits per heavy atom. The van der Waals surface area contributed by atoms with Crippen LogP contribution in [0, 0.1) is 11.3 Å². The quantitative estimate of drug-likeness (QED) is 0.752. The van der Waals surface area contributed by atoms with Crippen molar-refractivity contribution in [3.05, 3.63) is 35.4 Å². The summed E-state index contributed by atoms with van der Waals surface area (Å²) < 4.78 is 0. The molecule has 0 radical (unpaired) electrons. The predicted molar refractivity (Wildman–Crippen MR) is 91.4 cm³/mol. The molecule has 3 N–H and O–H groups in total. The van der Waals surface area contributed by atoms with Gasteiger partial charge in [0.05, 0.1) is 6.10 Å². The lowest BCUT2D eigenvalue weighted by Gasteiger charge is -2.18. The molecule has 0 fully saturated rings. The molecule has 0 heterocycles. The van der Waals surface area contributed by atoms with Crippen LogP contribution in [0.3, 0.4) is 0 Å². The lowest BCUT2D eigenvalue weighted by molar-refractivity contribution is 0.0870. The number of hydrogen-bond donors (Lipinski definition) is 3. The average molecular weight is 320 g/mol. The van der Waals surface area contributed by atoms with Crippen molar-refractivity contribution in [3.8, 4) is 0 Å². The van der Waals surface area contributed by atoms with Crippen molar-refractivity contribution in [1.82, 2.24) is 10.6 Å². The van der Waals surface area contributed by atoms with Crippen molar-refractivity contribution in [2.24, 2.45) is 11.3 Å². The van der Waals surface area contributed by atoms with Gasteiger partial charge in [-0.25, -0.2) is 0 Å². The Bertz CT molecular complexity index is 530. The molecular formula is C18H28N2O3. The number of amides is 2. The monoisotopic (exact) mass is 320 g/mol. The van der Waals surface area contributed by atoms with E-state index >= 15 is 0 Å². The highest BCUT2D eigenvalue weighted by atomic mass is 16.3. The Morgan fingerprint density at radius 2 is 1.43 bits per heavy atom. The van der Waals surface area contributed by atoms with Crippen molar-refractivity contribution in [2.75, 3.05) is 13.1 Å². The number of hydrogen-bond acceptors (Lipinski definition) is 3. The largest absolute Gasteiger partial charge is 0.391 e. The third-order valence-corrected chi connectivity index (χ3v) is 3.43. The van der Waals surface area contributed by atoms with E-state index in [1.807, 2.05) is 34.6 Å². The fourth-order valence-corrected chi connectivity index (χ4v) is 1.76. The van der Waals surface area contributed by atoms with Crippen molar-refractivity contribution >= 4 is 11.8 Å². The normalized spacial score (nSPS) is 12.8. The van der Waals surface area contributed by atoms with E-state index in [0.29, 0.717) is 17.7 Å². The molecule has 2 amide bonds. The summed E-state index contributed by atoms with van der Waals surface area (Å²) in [6, 6.07) is 6.49. The first-order valence-corrected chi connectivity index (χ1v) is 7.94. The fraction of sp³-hybridized carbons (Fsp3) is 0.556. The van der Waals surface area contributed by atoms with Crippen LogP contribution in [0.25, 0.3) is 0 Å². The summed E-state index contributed by atoms with van der Waals surface area (Å²) in [5.74, 6) is -0.322. The molecule has 0 aliphatic rings. The van der Waals surface area contributed by atoms with Crippen LogP contribution in [0.5, 0.6) is 0 Å². The third kappa shape index (κ3) is 6.82. The van der Waals surface area contributed by atoms with Gasteiger partial charge in [-0.2, -0.15) is 0 Å². The van der Waals surface area contributed by atoms with Crippen molar-refractivity contribution in [3.63, 3.8) is 0 Å². The first-order valence-electron chi connectivity index (χ1n) is 7.94. The van der Waals surface area contributed by atoms with Gasteiger partial charge in [-0.15, -0.1) is 0 Å². The number of carbonyl (C=O) groups excluding carboxylic acids is 2. The van der Waals surface area contributed by atoms with Gasteiger partial charge in [-0.1, -0.05) is 34.6 Å². The summed E-state index contributed by atoms with van der Waals surface area (Å²) in [6.07, 6.45) is -0.568. The molecule has 1 unspecified atom stereocenters. The second-order valence-corrected chi connectivity index (χ2v) is 7.34. The predicted octanol–water partition coefficient (Wildman–Crippen LogP) is 2.21.